The highest BCUT2D eigenvalue weighted by Gasteiger charge is 2.46. The number of rotatable bonds is 7. The Bertz CT molecular complexity index is 484. The quantitative estimate of drug-likeness (QED) is 0.836. The molecule has 0 saturated heterocycles. The maximum Gasteiger partial charge on any atom is 0.0852 e. The van der Waals surface area contributed by atoms with Crippen molar-refractivity contribution in [3.8, 4) is 6.07 Å². The van der Waals surface area contributed by atoms with E-state index in [0.29, 0.717) is 6.04 Å². The minimum absolute atomic E-state index is 0.230. The summed E-state index contributed by atoms with van der Waals surface area (Å²) in [5.74, 6) is 0. The van der Waals surface area contributed by atoms with Crippen LogP contribution >= 0.6 is 0 Å². The summed E-state index contributed by atoms with van der Waals surface area (Å²) < 4.78 is 5.16. The van der Waals surface area contributed by atoms with Crippen LogP contribution in [0.15, 0.2) is 30.3 Å². The SMILES string of the molecule is COCCC(C)(C)CNC1CC(C#N)(c2ccccc2)C1. The first-order valence-corrected chi connectivity index (χ1v) is 7.70. The third-order valence-electron chi connectivity index (χ3n) is 4.58. The predicted octanol–water partition coefficient (Wildman–Crippen LogP) is 3.26. The molecule has 2 rings (SSSR count). The molecule has 0 aliphatic heterocycles. The van der Waals surface area contributed by atoms with Crippen LogP contribution in [-0.4, -0.2) is 26.3 Å². The predicted molar refractivity (Wildman–Crippen MR) is 85.0 cm³/mol. The average molecular weight is 286 g/mol. The normalized spacial score (nSPS) is 25.1. The number of nitriles is 1. The standard InChI is InChI=1S/C18H26N2O/c1-17(2,9-10-21-3)14-20-16-11-18(12-16,13-19)15-7-5-4-6-8-15/h4-8,16,20H,9-12,14H2,1-3H3. The highest BCUT2D eigenvalue weighted by molar-refractivity contribution is 5.36. The highest BCUT2D eigenvalue weighted by Crippen LogP contribution is 2.43. The second-order valence-corrected chi connectivity index (χ2v) is 6.95. The molecular formula is C18H26N2O. The van der Waals surface area contributed by atoms with Crippen molar-refractivity contribution in [2.45, 2.75) is 44.6 Å². The van der Waals surface area contributed by atoms with Crippen molar-refractivity contribution in [3.63, 3.8) is 0 Å². The zero-order valence-electron chi connectivity index (χ0n) is 13.4. The van der Waals surface area contributed by atoms with Gasteiger partial charge < -0.3 is 10.1 Å². The third kappa shape index (κ3) is 3.84. The maximum absolute atomic E-state index is 9.56. The van der Waals surface area contributed by atoms with Crippen LogP contribution in [0.3, 0.4) is 0 Å². The Kier molecular flexibility index (Phi) is 5.03. The smallest absolute Gasteiger partial charge is 0.0852 e. The van der Waals surface area contributed by atoms with Gasteiger partial charge in [0.05, 0.1) is 11.5 Å². The molecule has 1 aromatic carbocycles. The second-order valence-electron chi connectivity index (χ2n) is 6.95. The summed E-state index contributed by atoms with van der Waals surface area (Å²) in [7, 11) is 1.75. The summed E-state index contributed by atoms with van der Waals surface area (Å²) in [6, 6.07) is 13.2. The number of benzene rings is 1. The molecule has 114 valence electrons. The van der Waals surface area contributed by atoms with E-state index >= 15 is 0 Å². The molecule has 3 heteroatoms. The number of methoxy groups -OCH3 is 1. The summed E-state index contributed by atoms with van der Waals surface area (Å²) >= 11 is 0. The van der Waals surface area contributed by atoms with Crippen molar-refractivity contribution in [1.82, 2.24) is 5.32 Å². The van der Waals surface area contributed by atoms with Crippen molar-refractivity contribution in [2.75, 3.05) is 20.3 Å². The van der Waals surface area contributed by atoms with Gasteiger partial charge in [-0.15, -0.1) is 0 Å². The van der Waals surface area contributed by atoms with Crippen molar-refractivity contribution in [2.24, 2.45) is 5.41 Å². The second kappa shape index (κ2) is 6.60. The van der Waals surface area contributed by atoms with Gasteiger partial charge in [-0.05, 0) is 30.2 Å². The van der Waals surface area contributed by atoms with Gasteiger partial charge in [0.2, 0.25) is 0 Å². The first-order valence-electron chi connectivity index (χ1n) is 7.70. The fourth-order valence-corrected chi connectivity index (χ4v) is 2.96. The minimum atomic E-state index is -0.282. The minimum Gasteiger partial charge on any atom is -0.385 e. The van der Waals surface area contributed by atoms with Crippen molar-refractivity contribution < 1.29 is 4.74 Å². The maximum atomic E-state index is 9.56. The lowest BCUT2D eigenvalue weighted by Crippen LogP contribution is -2.52. The monoisotopic (exact) mass is 286 g/mol. The first-order chi connectivity index (χ1) is 10.0. The zero-order valence-corrected chi connectivity index (χ0v) is 13.4. The van der Waals surface area contributed by atoms with Gasteiger partial charge in [0, 0.05) is 26.3 Å². The molecule has 21 heavy (non-hydrogen) atoms. The van der Waals surface area contributed by atoms with E-state index in [2.05, 4.69) is 37.4 Å². The number of hydrogen-bond donors (Lipinski definition) is 1. The molecule has 0 unspecified atom stereocenters. The van der Waals surface area contributed by atoms with Crippen molar-refractivity contribution >= 4 is 0 Å². The van der Waals surface area contributed by atoms with Crippen LogP contribution in [0.25, 0.3) is 0 Å². The third-order valence-corrected chi connectivity index (χ3v) is 4.58. The molecule has 0 heterocycles. The van der Waals surface area contributed by atoms with E-state index in [9.17, 15) is 5.26 Å². The van der Waals surface area contributed by atoms with E-state index in [1.54, 1.807) is 7.11 Å². The molecule has 0 radical (unpaired) electrons. The van der Waals surface area contributed by atoms with E-state index in [1.807, 2.05) is 18.2 Å². The molecule has 1 N–H and O–H groups in total. The van der Waals surface area contributed by atoms with Crippen LogP contribution < -0.4 is 5.32 Å². The van der Waals surface area contributed by atoms with Crippen molar-refractivity contribution in [1.29, 1.82) is 5.26 Å². The van der Waals surface area contributed by atoms with Crippen LogP contribution in [0.2, 0.25) is 0 Å². The summed E-state index contributed by atoms with van der Waals surface area (Å²) in [6.45, 7) is 6.28. The van der Waals surface area contributed by atoms with Gasteiger partial charge in [0.25, 0.3) is 0 Å². The van der Waals surface area contributed by atoms with Crippen molar-refractivity contribution in [3.05, 3.63) is 35.9 Å². The first kappa shape index (κ1) is 16.0. The fourth-order valence-electron chi connectivity index (χ4n) is 2.96. The molecule has 0 amide bonds. The van der Waals surface area contributed by atoms with Gasteiger partial charge in [-0.1, -0.05) is 44.2 Å². The van der Waals surface area contributed by atoms with Gasteiger partial charge in [-0.2, -0.15) is 5.26 Å². The summed E-state index contributed by atoms with van der Waals surface area (Å²) in [5, 5.41) is 13.2. The molecular weight excluding hydrogens is 260 g/mol. The molecule has 1 saturated carbocycles. The van der Waals surface area contributed by atoms with E-state index in [1.165, 1.54) is 0 Å². The topological polar surface area (TPSA) is 45.0 Å². The average Bonchev–Trinajstić information content (AvgIpc) is 2.45. The van der Waals surface area contributed by atoms with E-state index < -0.39 is 0 Å². The van der Waals surface area contributed by atoms with Gasteiger partial charge in [0.1, 0.15) is 0 Å². The Morgan fingerprint density at radius 3 is 2.57 bits per heavy atom. The number of ether oxygens (including phenoxy) is 1. The molecule has 3 nitrogen and oxygen atoms in total. The Hall–Kier alpha value is -1.37. The van der Waals surface area contributed by atoms with Crippen LogP contribution in [0.1, 0.15) is 38.7 Å². The van der Waals surface area contributed by atoms with Gasteiger partial charge in [-0.3, -0.25) is 0 Å². The van der Waals surface area contributed by atoms with Crippen LogP contribution in [-0.2, 0) is 10.2 Å². The largest absolute Gasteiger partial charge is 0.385 e. The molecule has 1 aliphatic rings. The zero-order chi connectivity index (χ0) is 15.3. The van der Waals surface area contributed by atoms with E-state index in [0.717, 1.165) is 38.0 Å². The molecule has 1 aliphatic carbocycles. The Balaban J connectivity index is 1.84. The van der Waals surface area contributed by atoms with Gasteiger partial charge >= 0.3 is 0 Å². The molecule has 0 aromatic heterocycles. The Morgan fingerprint density at radius 1 is 1.33 bits per heavy atom. The lowest BCUT2D eigenvalue weighted by Gasteiger charge is -2.44. The summed E-state index contributed by atoms with van der Waals surface area (Å²) in [4.78, 5) is 0. The molecule has 0 bridgehead atoms. The summed E-state index contributed by atoms with van der Waals surface area (Å²) in [5.41, 5.74) is 1.10. The van der Waals surface area contributed by atoms with Gasteiger partial charge in [-0.25, -0.2) is 0 Å². The summed E-state index contributed by atoms with van der Waals surface area (Å²) in [6.07, 6.45) is 2.87. The van der Waals surface area contributed by atoms with Crippen LogP contribution in [0.4, 0.5) is 0 Å². The highest BCUT2D eigenvalue weighted by atomic mass is 16.5. The number of nitrogens with one attached hydrogen (secondary N) is 1. The Labute approximate surface area is 128 Å². The van der Waals surface area contributed by atoms with Crippen LogP contribution in [0.5, 0.6) is 0 Å². The van der Waals surface area contributed by atoms with E-state index in [-0.39, 0.29) is 10.8 Å². The van der Waals surface area contributed by atoms with E-state index in [4.69, 9.17) is 4.74 Å². The Morgan fingerprint density at radius 2 is 2.00 bits per heavy atom. The number of nitrogens with zero attached hydrogens (tertiary/aromatic N) is 1. The molecule has 1 fully saturated rings. The molecule has 0 atom stereocenters. The molecule has 0 spiro atoms. The van der Waals surface area contributed by atoms with Crippen LogP contribution in [0, 0.1) is 16.7 Å². The molecule has 1 aromatic rings. The lowest BCUT2D eigenvalue weighted by molar-refractivity contribution is 0.139. The lowest BCUT2D eigenvalue weighted by atomic mass is 9.62. The van der Waals surface area contributed by atoms with Gasteiger partial charge in [0.15, 0.2) is 0 Å². The number of hydrogen-bond acceptors (Lipinski definition) is 3. The fraction of sp³-hybridized carbons (Fsp3) is 0.611.